The fraction of sp³-hybridized carbons (Fsp3) is 0.643. The summed E-state index contributed by atoms with van der Waals surface area (Å²) in [6.07, 6.45) is 1.46. The maximum absolute atomic E-state index is 10.6. The minimum Gasteiger partial charge on any atom is -0.457 e. The highest BCUT2D eigenvalue weighted by atomic mass is 16.6. The third-order valence-corrected chi connectivity index (χ3v) is 2.28. The van der Waals surface area contributed by atoms with Crippen LogP contribution in [0.5, 0.6) is 0 Å². The molecule has 0 aromatic carbocycles. The van der Waals surface area contributed by atoms with Gasteiger partial charge in [-0.1, -0.05) is 0 Å². The number of carbonyl (C=O) groups excluding carboxylic acids is 3. The first kappa shape index (κ1) is 22.0. The van der Waals surface area contributed by atoms with Crippen LogP contribution < -0.4 is 0 Å². The Morgan fingerprint density at radius 3 is 1.71 bits per heavy atom. The summed E-state index contributed by atoms with van der Waals surface area (Å²) in [5.41, 5.74) is 0. The van der Waals surface area contributed by atoms with Gasteiger partial charge in [-0.15, -0.1) is 6.42 Å². The molecule has 0 radical (unpaired) electrons. The zero-order valence-electron chi connectivity index (χ0n) is 12.8. The first-order chi connectivity index (χ1) is 11.4. The maximum atomic E-state index is 10.6. The first-order valence-electron chi connectivity index (χ1n) is 6.84. The summed E-state index contributed by atoms with van der Waals surface area (Å²) in [5, 5.41) is 28.3. The van der Waals surface area contributed by atoms with E-state index < -0.39 is 36.9 Å². The van der Waals surface area contributed by atoms with E-state index in [1.807, 2.05) is 0 Å². The van der Waals surface area contributed by atoms with Crippen molar-refractivity contribution in [2.45, 2.75) is 18.3 Å². The lowest BCUT2D eigenvalue weighted by Gasteiger charge is -2.15. The van der Waals surface area contributed by atoms with Crippen molar-refractivity contribution in [2.24, 2.45) is 0 Å². The standard InChI is InChI=1S/C14H20O10/c1-2-13(19)23-8-11(17)6-21-4-10(16)5-22-7-12(18)9-24-14(20)3-15/h1,3,10-12,16-18H,4-9H2. The van der Waals surface area contributed by atoms with Gasteiger partial charge in [0.2, 0.25) is 6.29 Å². The Morgan fingerprint density at radius 2 is 1.29 bits per heavy atom. The number of aliphatic hydroxyl groups is 3. The molecule has 0 bridgehead atoms. The van der Waals surface area contributed by atoms with Crippen LogP contribution in [0.1, 0.15) is 0 Å². The molecule has 10 heteroatoms. The molecule has 0 saturated carbocycles. The Kier molecular flexibility index (Phi) is 12.3. The van der Waals surface area contributed by atoms with Crippen LogP contribution in [0.3, 0.4) is 0 Å². The number of ether oxygens (including phenoxy) is 4. The largest absolute Gasteiger partial charge is 0.457 e. The number of hydrogen-bond acceptors (Lipinski definition) is 10. The quantitative estimate of drug-likeness (QED) is 0.103. The van der Waals surface area contributed by atoms with E-state index in [1.54, 1.807) is 5.92 Å². The maximum Gasteiger partial charge on any atom is 0.384 e. The molecule has 0 aromatic heterocycles. The van der Waals surface area contributed by atoms with Crippen molar-refractivity contribution in [3.63, 3.8) is 0 Å². The second-order valence-corrected chi connectivity index (χ2v) is 4.53. The fourth-order valence-corrected chi connectivity index (χ4v) is 1.25. The van der Waals surface area contributed by atoms with Gasteiger partial charge in [-0.2, -0.15) is 0 Å². The molecule has 24 heavy (non-hydrogen) atoms. The molecule has 0 saturated heterocycles. The highest BCUT2D eigenvalue weighted by Crippen LogP contribution is 1.94. The van der Waals surface area contributed by atoms with Gasteiger partial charge in [-0.05, 0) is 0 Å². The van der Waals surface area contributed by atoms with E-state index in [9.17, 15) is 29.7 Å². The third kappa shape index (κ3) is 12.5. The number of aliphatic hydroxyl groups excluding tert-OH is 3. The van der Waals surface area contributed by atoms with Gasteiger partial charge < -0.3 is 34.3 Å². The Labute approximate surface area is 138 Å². The number of carbonyl (C=O) groups is 3. The number of terminal acetylenes is 1. The van der Waals surface area contributed by atoms with Crippen LogP contribution in [0.25, 0.3) is 0 Å². The molecule has 0 rings (SSSR count). The number of rotatable bonds is 13. The van der Waals surface area contributed by atoms with E-state index in [0.29, 0.717) is 0 Å². The van der Waals surface area contributed by atoms with Crippen molar-refractivity contribution in [1.82, 2.24) is 0 Å². The van der Waals surface area contributed by atoms with E-state index >= 15 is 0 Å². The van der Waals surface area contributed by atoms with E-state index in [2.05, 4.69) is 9.47 Å². The summed E-state index contributed by atoms with van der Waals surface area (Å²) in [7, 11) is 0. The van der Waals surface area contributed by atoms with Crippen LogP contribution >= 0.6 is 0 Å². The van der Waals surface area contributed by atoms with Crippen molar-refractivity contribution in [3.8, 4) is 12.3 Å². The molecule has 3 N–H and O–H groups in total. The third-order valence-electron chi connectivity index (χ3n) is 2.28. The van der Waals surface area contributed by atoms with E-state index in [-0.39, 0.29) is 39.3 Å². The lowest BCUT2D eigenvalue weighted by molar-refractivity contribution is -0.152. The minimum atomic E-state index is -1.14. The van der Waals surface area contributed by atoms with Crippen molar-refractivity contribution >= 4 is 18.2 Å². The SMILES string of the molecule is C#CC(=O)OCC(O)COCC(O)COCC(O)COC(=O)C=O. The van der Waals surface area contributed by atoms with Gasteiger partial charge in [0.1, 0.15) is 31.5 Å². The molecule has 10 nitrogen and oxygen atoms in total. The molecular formula is C14H20O10. The lowest BCUT2D eigenvalue weighted by atomic mass is 10.3. The molecule has 136 valence electrons. The Morgan fingerprint density at radius 1 is 0.875 bits per heavy atom. The van der Waals surface area contributed by atoms with Crippen LogP contribution in [0, 0.1) is 12.3 Å². The van der Waals surface area contributed by atoms with E-state index in [4.69, 9.17) is 15.9 Å². The van der Waals surface area contributed by atoms with Gasteiger partial charge in [-0.3, -0.25) is 4.79 Å². The topological polar surface area (TPSA) is 149 Å². The molecule has 0 amide bonds. The van der Waals surface area contributed by atoms with E-state index in [0.717, 1.165) is 0 Å². The van der Waals surface area contributed by atoms with Gasteiger partial charge in [0, 0.05) is 5.92 Å². The van der Waals surface area contributed by atoms with Crippen molar-refractivity contribution in [2.75, 3.05) is 39.6 Å². The van der Waals surface area contributed by atoms with Crippen LogP contribution in [0.2, 0.25) is 0 Å². The van der Waals surface area contributed by atoms with Crippen LogP contribution in [-0.2, 0) is 33.3 Å². The van der Waals surface area contributed by atoms with Gasteiger partial charge >= 0.3 is 11.9 Å². The summed E-state index contributed by atoms with van der Waals surface area (Å²) in [4.78, 5) is 31.1. The van der Waals surface area contributed by atoms with Gasteiger partial charge in [0.05, 0.1) is 26.4 Å². The second kappa shape index (κ2) is 13.4. The van der Waals surface area contributed by atoms with Crippen molar-refractivity contribution in [1.29, 1.82) is 0 Å². The summed E-state index contributed by atoms with van der Waals surface area (Å²) >= 11 is 0. The molecule has 0 aliphatic carbocycles. The van der Waals surface area contributed by atoms with E-state index in [1.165, 1.54) is 0 Å². The molecule has 0 heterocycles. The molecule has 0 aliphatic rings. The molecule has 0 spiro atoms. The molecule has 3 atom stereocenters. The monoisotopic (exact) mass is 348 g/mol. The molecular weight excluding hydrogens is 328 g/mol. The molecule has 3 unspecified atom stereocenters. The number of hydrogen-bond donors (Lipinski definition) is 3. The fourth-order valence-electron chi connectivity index (χ4n) is 1.25. The summed E-state index contributed by atoms with van der Waals surface area (Å²) < 4.78 is 18.8. The van der Waals surface area contributed by atoms with Gasteiger partial charge in [0.15, 0.2) is 0 Å². The zero-order chi connectivity index (χ0) is 18.4. The first-order valence-corrected chi connectivity index (χ1v) is 6.84. The highest BCUT2D eigenvalue weighted by Gasteiger charge is 2.12. The number of esters is 2. The van der Waals surface area contributed by atoms with Crippen molar-refractivity contribution < 1.29 is 48.7 Å². The minimum absolute atomic E-state index is 0.0312. The molecule has 0 fully saturated rings. The van der Waals surface area contributed by atoms with Crippen LogP contribution in [-0.4, -0.2) is 91.5 Å². The highest BCUT2D eigenvalue weighted by molar-refractivity contribution is 6.20. The molecule has 0 aromatic rings. The van der Waals surface area contributed by atoms with Gasteiger partial charge in [-0.25, -0.2) is 9.59 Å². The summed E-state index contributed by atoms with van der Waals surface area (Å²) in [6, 6.07) is 0. The predicted molar refractivity (Wildman–Crippen MR) is 76.5 cm³/mol. The predicted octanol–water partition coefficient (Wildman–Crippen LogP) is -2.98. The summed E-state index contributed by atoms with van der Waals surface area (Å²) in [5.74, 6) is -0.295. The Balaban J connectivity index is 3.63. The smallest absolute Gasteiger partial charge is 0.384 e. The van der Waals surface area contributed by atoms with Crippen LogP contribution in [0.4, 0.5) is 0 Å². The van der Waals surface area contributed by atoms with Crippen LogP contribution in [0.15, 0.2) is 0 Å². The Bertz CT molecular complexity index is 430. The molecule has 0 aliphatic heterocycles. The second-order valence-electron chi connectivity index (χ2n) is 4.53. The zero-order valence-corrected chi connectivity index (χ0v) is 12.8. The normalized spacial score (nSPS) is 14.1. The van der Waals surface area contributed by atoms with Gasteiger partial charge in [0.25, 0.3) is 0 Å². The Hall–Kier alpha value is -2.03. The number of aldehydes is 1. The van der Waals surface area contributed by atoms with Crippen molar-refractivity contribution in [3.05, 3.63) is 0 Å². The average Bonchev–Trinajstić information content (AvgIpc) is 2.57. The lowest BCUT2D eigenvalue weighted by Crippen LogP contribution is -2.30. The summed E-state index contributed by atoms with van der Waals surface area (Å²) in [6.45, 7) is -1.52. The average molecular weight is 348 g/mol.